The van der Waals surface area contributed by atoms with E-state index in [4.69, 9.17) is 11.6 Å². The Bertz CT molecular complexity index is 960. The highest BCUT2D eigenvalue weighted by molar-refractivity contribution is 6.31. The van der Waals surface area contributed by atoms with Crippen LogP contribution in [0.3, 0.4) is 0 Å². The van der Waals surface area contributed by atoms with Crippen LogP contribution in [0.4, 0.5) is 11.6 Å². The summed E-state index contributed by atoms with van der Waals surface area (Å²) in [5.41, 5.74) is 3.95. The highest BCUT2D eigenvalue weighted by Crippen LogP contribution is 2.21. The zero-order chi connectivity index (χ0) is 19.9. The first-order chi connectivity index (χ1) is 13.5. The summed E-state index contributed by atoms with van der Waals surface area (Å²) >= 11 is 6.03. The highest BCUT2D eigenvalue weighted by Gasteiger charge is 2.12. The van der Waals surface area contributed by atoms with Crippen molar-refractivity contribution in [2.75, 3.05) is 17.2 Å². The van der Waals surface area contributed by atoms with Crippen LogP contribution in [0, 0.1) is 13.8 Å². The van der Waals surface area contributed by atoms with Crippen LogP contribution in [0.25, 0.3) is 0 Å². The second-order valence-corrected chi connectivity index (χ2v) is 7.08. The second-order valence-electron chi connectivity index (χ2n) is 6.65. The Morgan fingerprint density at radius 3 is 2.61 bits per heavy atom. The fourth-order valence-corrected chi connectivity index (χ4v) is 2.99. The highest BCUT2D eigenvalue weighted by atomic mass is 35.5. The summed E-state index contributed by atoms with van der Waals surface area (Å²) in [6, 6.07) is 17.4. The molecule has 144 valence electrons. The van der Waals surface area contributed by atoms with Gasteiger partial charge in [-0.3, -0.25) is 4.79 Å². The van der Waals surface area contributed by atoms with Crippen LogP contribution in [-0.4, -0.2) is 22.4 Å². The average molecular weight is 395 g/mol. The Balaban J connectivity index is 1.62. The summed E-state index contributed by atoms with van der Waals surface area (Å²) in [6.45, 7) is 4.49. The second kappa shape index (κ2) is 9.33. The molecule has 5 nitrogen and oxygen atoms in total. The maximum atomic E-state index is 12.6. The quantitative estimate of drug-likeness (QED) is 0.550. The molecule has 1 heterocycles. The Morgan fingerprint density at radius 1 is 1.04 bits per heavy atom. The van der Waals surface area contributed by atoms with Gasteiger partial charge in [0.25, 0.3) is 5.91 Å². The van der Waals surface area contributed by atoms with E-state index < -0.39 is 0 Å². The van der Waals surface area contributed by atoms with Gasteiger partial charge in [-0.05, 0) is 56.0 Å². The number of anilines is 2. The van der Waals surface area contributed by atoms with E-state index in [1.165, 1.54) is 5.56 Å². The van der Waals surface area contributed by atoms with Crippen LogP contribution in [0.15, 0.2) is 54.6 Å². The lowest BCUT2D eigenvalue weighted by Gasteiger charge is -2.10. The molecule has 0 unspecified atom stereocenters. The summed E-state index contributed by atoms with van der Waals surface area (Å²) in [5, 5.41) is 6.65. The van der Waals surface area contributed by atoms with Crippen molar-refractivity contribution in [1.82, 2.24) is 9.97 Å². The van der Waals surface area contributed by atoms with Crippen LogP contribution in [-0.2, 0) is 6.42 Å². The van der Waals surface area contributed by atoms with Crippen LogP contribution in [0.2, 0.25) is 5.02 Å². The van der Waals surface area contributed by atoms with E-state index in [2.05, 4.69) is 32.7 Å². The lowest BCUT2D eigenvalue weighted by atomic mass is 10.1. The fourth-order valence-electron chi connectivity index (χ4n) is 2.82. The zero-order valence-electron chi connectivity index (χ0n) is 16.0. The molecule has 1 aromatic heterocycles. The number of carbonyl (C=O) groups is 1. The topological polar surface area (TPSA) is 66.9 Å². The Hall–Kier alpha value is -2.92. The smallest absolute Gasteiger partial charge is 0.274 e. The van der Waals surface area contributed by atoms with Gasteiger partial charge in [-0.2, -0.15) is 0 Å². The van der Waals surface area contributed by atoms with Crippen molar-refractivity contribution in [2.45, 2.75) is 26.7 Å². The lowest BCUT2D eigenvalue weighted by molar-refractivity contribution is 0.102. The number of nitrogens with one attached hydrogen (secondary N) is 2. The molecule has 0 spiro atoms. The molecule has 0 saturated carbocycles. The molecule has 0 saturated heterocycles. The number of aromatic nitrogens is 2. The van der Waals surface area contributed by atoms with Crippen LogP contribution >= 0.6 is 11.6 Å². The number of nitrogens with zero attached hydrogens (tertiary/aromatic N) is 2. The first-order valence-electron chi connectivity index (χ1n) is 9.22. The maximum absolute atomic E-state index is 12.6. The first-order valence-corrected chi connectivity index (χ1v) is 9.60. The van der Waals surface area contributed by atoms with Gasteiger partial charge in [0.1, 0.15) is 5.69 Å². The van der Waals surface area contributed by atoms with Crippen molar-refractivity contribution in [3.05, 3.63) is 82.1 Å². The summed E-state index contributed by atoms with van der Waals surface area (Å²) in [5.74, 6) is 0.171. The summed E-state index contributed by atoms with van der Waals surface area (Å²) in [6.07, 6.45) is 1.92. The molecule has 3 aromatic rings. The Morgan fingerprint density at radius 2 is 1.82 bits per heavy atom. The number of hydrogen-bond donors (Lipinski definition) is 2. The van der Waals surface area contributed by atoms with E-state index in [0.29, 0.717) is 22.4 Å². The summed E-state index contributed by atoms with van der Waals surface area (Å²) < 4.78 is 0. The number of hydrogen-bond acceptors (Lipinski definition) is 4. The molecular formula is C22H23ClN4O. The van der Waals surface area contributed by atoms with Crippen LogP contribution in [0.5, 0.6) is 0 Å². The predicted molar refractivity (Wildman–Crippen MR) is 114 cm³/mol. The van der Waals surface area contributed by atoms with Gasteiger partial charge in [0.15, 0.2) is 0 Å². The lowest BCUT2D eigenvalue weighted by Crippen LogP contribution is -2.17. The minimum Gasteiger partial charge on any atom is -0.354 e. The third-order valence-electron chi connectivity index (χ3n) is 4.30. The van der Waals surface area contributed by atoms with E-state index in [9.17, 15) is 4.79 Å². The molecule has 3 rings (SSSR count). The minimum absolute atomic E-state index is 0.289. The average Bonchev–Trinajstić information content (AvgIpc) is 2.68. The zero-order valence-corrected chi connectivity index (χ0v) is 16.8. The number of carbonyl (C=O) groups excluding carboxylic acids is 1. The van der Waals surface area contributed by atoms with Gasteiger partial charge >= 0.3 is 0 Å². The third-order valence-corrected chi connectivity index (χ3v) is 4.54. The molecule has 2 N–H and O–H groups in total. The SMILES string of the molecule is Cc1cc(C(=O)Nc2cc(Cl)ccc2C)nc(NCCCc2ccccc2)n1. The van der Waals surface area contributed by atoms with Gasteiger partial charge in [-0.1, -0.05) is 48.0 Å². The van der Waals surface area contributed by atoms with Crippen LogP contribution < -0.4 is 10.6 Å². The molecule has 0 radical (unpaired) electrons. The number of halogens is 1. The van der Waals surface area contributed by atoms with Crippen molar-refractivity contribution in [2.24, 2.45) is 0 Å². The minimum atomic E-state index is -0.289. The van der Waals surface area contributed by atoms with Gasteiger partial charge in [0.2, 0.25) is 5.95 Å². The van der Waals surface area contributed by atoms with Gasteiger partial charge in [-0.15, -0.1) is 0 Å². The third kappa shape index (κ3) is 5.54. The van der Waals surface area contributed by atoms with Crippen molar-refractivity contribution in [3.63, 3.8) is 0 Å². The van der Waals surface area contributed by atoms with Gasteiger partial charge < -0.3 is 10.6 Å². The van der Waals surface area contributed by atoms with Crippen molar-refractivity contribution < 1.29 is 4.79 Å². The van der Waals surface area contributed by atoms with E-state index in [1.54, 1.807) is 18.2 Å². The molecular weight excluding hydrogens is 372 g/mol. The number of rotatable bonds is 7. The molecule has 28 heavy (non-hydrogen) atoms. The summed E-state index contributed by atoms with van der Waals surface area (Å²) in [4.78, 5) is 21.4. The van der Waals surface area contributed by atoms with E-state index in [-0.39, 0.29) is 5.91 Å². The van der Waals surface area contributed by atoms with Crippen molar-refractivity contribution in [3.8, 4) is 0 Å². The van der Waals surface area contributed by atoms with E-state index in [0.717, 1.165) is 30.6 Å². The van der Waals surface area contributed by atoms with Gasteiger partial charge in [0, 0.05) is 22.9 Å². The molecule has 2 aromatic carbocycles. The Labute approximate surface area is 170 Å². The number of aryl methyl sites for hydroxylation is 3. The fraction of sp³-hybridized carbons (Fsp3) is 0.227. The number of amides is 1. The van der Waals surface area contributed by atoms with Crippen molar-refractivity contribution in [1.29, 1.82) is 0 Å². The number of benzene rings is 2. The molecule has 0 fully saturated rings. The maximum Gasteiger partial charge on any atom is 0.274 e. The van der Waals surface area contributed by atoms with Gasteiger partial charge in [-0.25, -0.2) is 9.97 Å². The molecule has 0 aliphatic carbocycles. The molecule has 0 atom stereocenters. The standard InChI is InChI=1S/C22H23ClN4O/c1-15-10-11-18(23)14-19(15)26-21(28)20-13-16(2)25-22(27-20)24-12-6-9-17-7-4-3-5-8-17/h3-5,7-8,10-11,13-14H,6,9,12H2,1-2H3,(H,26,28)(H,24,25,27). The van der Waals surface area contributed by atoms with Crippen LogP contribution in [0.1, 0.15) is 33.7 Å². The molecule has 0 aliphatic heterocycles. The summed E-state index contributed by atoms with van der Waals surface area (Å²) in [7, 11) is 0. The molecule has 0 bridgehead atoms. The first kappa shape index (κ1) is 19.8. The Kier molecular flexibility index (Phi) is 6.61. The largest absolute Gasteiger partial charge is 0.354 e. The van der Waals surface area contributed by atoms with Gasteiger partial charge in [0.05, 0.1) is 0 Å². The predicted octanol–water partition coefficient (Wildman–Crippen LogP) is 5.04. The monoisotopic (exact) mass is 394 g/mol. The molecule has 0 aliphatic rings. The van der Waals surface area contributed by atoms with Crippen molar-refractivity contribution >= 4 is 29.1 Å². The molecule has 1 amide bonds. The van der Waals surface area contributed by atoms with E-state index >= 15 is 0 Å². The normalized spacial score (nSPS) is 10.5. The molecule has 6 heteroatoms. The van der Waals surface area contributed by atoms with E-state index in [1.807, 2.05) is 38.1 Å².